The number of phenolic OH excluding ortho intramolecular Hbond substituents is 1. The lowest BCUT2D eigenvalue weighted by Crippen LogP contribution is -2.43. The van der Waals surface area contributed by atoms with Crippen molar-refractivity contribution in [3.63, 3.8) is 0 Å². The van der Waals surface area contributed by atoms with Gasteiger partial charge >= 0.3 is 4.87 Å². The Morgan fingerprint density at radius 2 is 1.68 bits per heavy atom. The number of phenols is 1. The van der Waals surface area contributed by atoms with Gasteiger partial charge in [-0.25, -0.2) is 4.90 Å². The first kappa shape index (κ1) is 24.9. The molecule has 1 N–H and O–H groups in total. The summed E-state index contributed by atoms with van der Waals surface area (Å²) in [5.41, 5.74) is 2.24. The number of aromatic hydroxyl groups is 1. The second-order valence-electron chi connectivity index (χ2n) is 9.60. The number of hydrogen-bond acceptors (Lipinski definition) is 8. The molecule has 2 saturated heterocycles. The third kappa shape index (κ3) is 4.14. The molecule has 3 atom stereocenters. The summed E-state index contributed by atoms with van der Waals surface area (Å²) in [6.45, 7) is 3.63. The predicted octanol–water partition coefficient (Wildman–Crippen LogP) is 2.58. The molecule has 11 heteroatoms. The molecule has 4 heterocycles. The lowest BCUT2D eigenvalue weighted by atomic mass is 9.83. The van der Waals surface area contributed by atoms with Crippen molar-refractivity contribution in [2.75, 3.05) is 31.2 Å². The number of nitrogens with zero attached hydrogens (tertiary/aromatic N) is 3. The fourth-order valence-corrected chi connectivity index (χ4v) is 8.07. The number of anilines is 1. The largest absolute Gasteiger partial charge is 0.508 e. The quantitative estimate of drug-likeness (QED) is 0.497. The van der Waals surface area contributed by atoms with Crippen molar-refractivity contribution < 1.29 is 24.2 Å². The van der Waals surface area contributed by atoms with Crippen LogP contribution in [-0.4, -0.2) is 63.8 Å². The fourth-order valence-electron chi connectivity index (χ4n) is 5.29. The third-order valence-electron chi connectivity index (χ3n) is 7.25. The van der Waals surface area contributed by atoms with Crippen LogP contribution in [0.4, 0.5) is 5.69 Å². The lowest BCUT2D eigenvalue weighted by molar-refractivity contribution is -0.136. The molecule has 9 nitrogen and oxygen atoms in total. The number of morpholine rings is 1. The molecule has 0 bridgehead atoms. The number of ether oxygens (including phenoxy) is 1. The summed E-state index contributed by atoms with van der Waals surface area (Å²) in [5.74, 6) is -2.07. The molecule has 0 aliphatic carbocycles. The van der Waals surface area contributed by atoms with Crippen LogP contribution in [-0.2, 0) is 25.7 Å². The van der Waals surface area contributed by atoms with Crippen LogP contribution in [0.15, 0.2) is 58.4 Å². The van der Waals surface area contributed by atoms with Crippen LogP contribution < -0.4 is 9.77 Å². The van der Waals surface area contributed by atoms with Gasteiger partial charge in [0.25, 0.3) is 0 Å². The highest BCUT2D eigenvalue weighted by Crippen LogP contribution is 2.54. The van der Waals surface area contributed by atoms with E-state index in [9.17, 15) is 24.3 Å². The lowest BCUT2D eigenvalue weighted by Gasteiger charge is -2.31. The molecule has 0 radical (unpaired) electrons. The number of fused-ring (bicyclic) bond motifs is 2. The van der Waals surface area contributed by atoms with E-state index >= 15 is 0 Å². The van der Waals surface area contributed by atoms with Gasteiger partial charge < -0.3 is 14.7 Å². The van der Waals surface area contributed by atoms with Crippen LogP contribution in [0.1, 0.15) is 21.9 Å². The fraction of sp³-hybridized carbons (Fsp3) is 0.333. The Bertz CT molecular complexity index is 1470. The first-order valence-electron chi connectivity index (χ1n) is 12.3. The number of benzene rings is 2. The zero-order valence-electron chi connectivity index (χ0n) is 20.5. The van der Waals surface area contributed by atoms with Gasteiger partial charge in [-0.1, -0.05) is 52.9 Å². The number of imide groups is 1. The summed E-state index contributed by atoms with van der Waals surface area (Å²) in [7, 11) is 0. The average Bonchev–Trinajstić information content (AvgIpc) is 3.36. The minimum atomic E-state index is -0.756. The van der Waals surface area contributed by atoms with Crippen LogP contribution >= 0.6 is 23.1 Å². The van der Waals surface area contributed by atoms with Crippen molar-refractivity contribution in [1.29, 1.82) is 0 Å². The summed E-state index contributed by atoms with van der Waals surface area (Å²) >= 11 is 2.21. The van der Waals surface area contributed by atoms with Crippen molar-refractivity contribution in [1.82, 2.24) is 9.47 Å². The molecule has 2 fully saturated rings. The number of carbonyl (C=O) groups is 3. The molecule has 2 aromatic carbocycles. The minimum Gasteiger partial charge on any atom is -0.508 e. The van der Waals surface area contributed by atoms with E-state index in [4.69, 9.17) is 4.74 Å². The average molecular weight is 552 g/mol. The van der Waals surface area contributed by atoms with E-state index in [1.54, 1.807) is 29.2 Å². The van der Waals surface area contributed by atoms with Gasteiger partial charge in [-0.3, -0.25) is 23.7 Å². The Morgan fingerprint density at radius 3 is 2.37 bits per heavy atom. The molecule has 0 unspecified atom stereocenters. The van der Waals surface area contributed by atoms with Gasteiger partial charge in [-0.15, -0.1) is 0 Å². The summed E-state index contributed by atoms with van der Waals surface area (Å²) in [5, 5.41) is 9.67. The minimum absolute atomic E-state index is 0.0766. The van der Waals surface area contributed by atoms with E-state index in [1.165, 1.54) is 33.4 Å². The maximum atomic E-state index is 13.9. The first-order chi connectivity index (χ1) is 18.3. The molecule has 3 aromatic rings. The Hall–Kier alpha value is -3.41. The van der Waals surface area contributed by atoms with Crippen molar-refractivity contribution in [3.05, 3.63) is 74.2 Å². The third-order valence-corrected chi connectivity index (χ3v) is 9.85. The van der Waals surface area contributed by atoms with Gasteiger partial charge in [-0.05, 0) is 36.8 Å². The Labute approximate surface area is 226 Å². The summed E-state index contributed by atoms with van der Waals surface area (Å²) in [4.78, 5) is 57.1. The Morgan fingerprint density at radius 1 is 1.00 bits per heavy atom. The second-order valence-corrected chi connectivity index (χ2v) is 11.7. The first-order valence-corrected chi connectivity index (χ1v) is 14.0. The van der Waals surface area contributed by atoms with E-state index in [-0.39, 0.29) is 34.9 Å². The van der Waals surface area contributed by atoms with E-state index in [1.807, 2.05) is 19.1 Å². The highest BCUT2D eigenvalue weighted by molar-refractivity contribution is 8.00. The van der Waals surface area contributed by atoms with Crippen molar-refractivity contribution in [3.8, 4) is 5.75 Å². The standard InChI is InChI=1S/C27H25N3O6S2/c1-15-2-6-17(7-3-15)30-24(33)21-20(16-4-8-18(31)9-5-16)23-26(37-22(21)25(30)34)29(27(35)38-23)14-19(32)28-10-12-36-13-11-28/h2-9,20-22,31H,10-14H2,1H3/t20-,21+,22-/m0/s1. The maximum Gasteiger partial charge on any atom is 0.308 e. The summed E-state index contributed by atoms with van der Waals surface area (Å²) in [6, 6.07) is 13.7. The van der Waals surface area contributed by atoms with Crippen LogP contribution in [0.25, 0.3) is 0 Å². The number of thioether (sulfide) groups is 1. The molecule has 6 rings (SSSR count). The van der Waals surface area contributed by atoms with Crippen LogP contribution in [0.2, 0.25) is 0 Å². The van der Waals surface area contributed by atoms with E-state index in [2.05, 4.69) is 0 Å². The second kappa shape index (κ2) is 9.72. The van der Waals surface area contributed by atoms with Crippen LogP contribution in [0, 0.1) is 12.8 Å². The van der Waals surface area contributed by atoms with E-state index in [0.29, 0.717) is 41.9 Å². The molecular weight excluding hydrogens is 526 g/mol. The molecule has 1 aromatic heterocycles. The number of aryl methyl sites for hydroxylation is 1. The van der Waals surface area contributed by atoms with Crippen molar-refractivity contribution in [2.24, 2.45) is 5.92 Å². The molecule has 38 heavy (non-hydrogen) atoms. The molecule has 3 amide bonds. The predicted molar refractivity (Wildman–Crippen MR) is 143 cm³/mol. The topological polar surface area (TPSA) is 109 Å². The van der Waals surface area contributed by atoms with Crippen LogP contribution in [0.3, 0.4) is 0 Å². The molecule has 3 aliphatic heterocycles. The van der Waals surface area contributed by atoms with Crippen molar-refractivity contribution >= 4 is 46.5 Å². The van der Waals surface area contributed by atoms with Crippen molar-refractivity contribution in [2.45, 2.75) is 29.7 Å². The Balaban J connectivity index is 1.43. The number of rotatable bonds is 4. The van der Waals surface area contributed by atoms with E-state index in [0.717, 1.165) is 22.5 Å². The monoisotopic (exact) mass is 551 g/mol. The van der Waals surface area contributed by atoms with Crippen LogP contribution in [0.5, 0.6) is 5.75 Å². The number of thiazole rings is 1. The smallest absolute Gasteiger partial charge is 0.308 e. The number of hydrogen-bond donors (Lipinski definition) is 1. The van der Waals surface area contributed by atoms with E-state index < -0.39 is 17.1 Å². The Kier molecular flexibility index (Phi) is 6.37. The van der Waals surface area contributed by atoms with Gasteiger partial charge in [0.15, 0.2) is 0 Å². The van der Waals surface area contributed by atoms with Gasteiger partial charge in [0.2, 0.25) is 17.7 Å². The zero-order valence-corrected chi connectivity index (χ0v) is 22.2. The molecule has 3 aliphatic rings. The number of amides is 3. The summed E-state index contributed by atoms with van der Waals surface area (Å²) < 4.78 is 6.78. The summed E-state index contributed by atoms with van der Waals surface area (Å²) in [6.07, 6.45) is 0. The molecule has 0 spiro atoms. The normalized spacial score (nSPS) is 22.9. The van der Waals surface area contributed by atoms with Gasteiger partial charge in [0, 0.05) is 23.9 Å². The SMILES string of the molecule is Cc1ccc(N2C(=O)[C@@H]3[C@H](c4ccc(O)cc4)c4sc(=O)n(CC(=O)N5CCOCC5)c4S[C@@H]3C2=O)cc1. The van der Waals surface area contributed by atoms with Gasteiger partial charge in [0.05, 0.1) is 29.8 Å². The highest BCUT2D eigenvalue weighted by atomic mass is 32.2. The zero-order chi connectivity index (χ0) is 26.6. The highest BCUT2D eigenvalue weighted by Gasteiger charge is 2.56. The molecule has 0 saturated carbocycles. The molecule has 196 valence electrons. The maximum absolute atomic E-state index is 13.9. The number of carbonyl (C=O) groups excluding carboxylic acids is 3. The van der Waals surface area contributed by atoms with Gasteiger partial charge in [0.1, 0.15) is 17.5 Å². The van der Waals surface area contributed by atoms with Gasteiger partial charge in [-0.2, -0.15) is 0 Å². The number of aromatic nitrogens is 1. The molecular formula is C27H25N3O6S2.